The SMILES string of the molecule is Cc1nc(Sc2ccc3ccccc3c2)ccc1Br. The lowest BCUT2D eigenvalue weighted by Crippen LogP contribution is -1.85. The fourth-order valence-corrected chi connectivity index (χ4v) is 3.03. The van der Waals surface area contributed by atoms with Crippen molar-refractivity contribution in [3.05, 3.63) is 64.8 Å². The van der Waals surface area contributed by atoms with Crippen molar-refractivity contribution >= 4 is 38.5 Å². The minimum absolute atomic E-state index is 1.02. The monoisotopic (exact) mass is 329 g/mol. The molecule has 94 valence electrons. The minimum Gasteiger partial charge on any atom is -0.245 e. The van der Waals surface area contributed by atoms with E-state index in [0.29, 0.717) is 0 Å². The highest BCUT2D eigenvalue weighted by Gasteiger charge is 2.02. The van der Waals surface area contributed by atoms with Gasteiger partial charge in [-0.25, -0.2) is 4.98 Å². The molecule has 1 nitrogen and oxygen atoms in total. The van der Waals surface area contributed by atoms with Crippen molar-refractivity contribution in [2.24, 2.45) is 0 Å². The molecule has 2 aromatic carbocycles. The minimum atomic E-state index is 1.02. The molecule has 0 aliphatic carbocycles. The van der Waals surface area contributed by atoms with Gasteiger partial charge >= 0.3 is 0 Å². The lowest BCUT2D eigenvalue weighted by molar-refractivity contribution is 1.05. The number of hydrogen-bond acceptors (Lipinski definition) is 2. The molecule has 0 amide bonds. The van der Waals surface area contributed by atoms with Gasteiger partial charge < -0.3 is 0 Å². The van der Waals surface area contributed by atoms with Gasteiger partial charge in [-0.1, -0.05) is 42.1 Å². The Kier molecular flexibility index (Phi) is 3.58. The molecule has 0 spiro atoms. The van der Waals surface area contributed by atoms with Crippen LogP contribution in [0.4, 0.5) is 0 Å². The molecule has 0 unspecified atom stereocenters. The summed E-state index contributed by atoms with van der Waals surface area (Å²) < 4.78 is 1.05. The summed E-state index contributed by atoms with van der Waals surface area (Å²) in [6.45, 7) is 2.01. The van der Waals surface area contributed by atoms with Crippen LogP contribution in [-0.2, 0) is 0 Å². The van der Waals surface area contributed by atoms with Crippen LogP contribution in [0.2, 0.25) is 0 Å². The average molecular weight is 330 g/mol. The highest BCUT2D eigenvalue weighted by molar-refractivity contribution is 9.10. The predicted molar refractivity (Wildman–Crippen MR) is 84.7 cm³/mol. The fraction of sp³-hybridized carbons (Fsp3) is 0.0625. The summed E-state index contributed by atoms with van der Waals surface area (Å²) in [5.41, 5.74) is 1.02. The highest BCUT2D eigenvalue weighted by Crippen LogP contribution is 2.30. The number of hydrogen-bond donors (Lipinski definition) is 0. The maximum atomic E-state index is 4.56. The average Bonchev–Trinajstić information content (AvgIpc) is 2.43. The Morgan fingerprint density at radius 3 is 2.53 bits per heavy atom. The second kappa shape index (κ2) is 5.35. The van der Waals surface area contributed by atoms with Gasteiger partial charge in [0.2, 0.25) is 0 Å². The zero-order chi connectivity index (χ0) is 13.2. The van der Waals surface area contributed by atoms with E-state index in [1.54, 1.807) is 11.8 Å². The third kappa shape index (κ3) is 2.82. The number of aryl methyl sites for hydroxylation is 1. The van der Waals surface area contributed by atoms with E-state index in [1.807, 2.05) is 19.1 Å². The second-order valence-electron chi connectivity index (χ2n) is 4.33. The van der Waals surface area contributed by atoms with Crippen LogP contribution in [0.1, 0.15) is 5.69 Å². The van der Waals surface area contributed by atoms with E-state index in [9.17, 15) is 0 Å². The van der Waals surface area contributed by atoms with Crippen molar-refractivity contribution in [3.63, 3.8) is 0 Å². The van der Waals surface area contributed by atoms with Crippen LogP contribution >= 0.6 is 27.7 Å². The molecule has 0 bridgehead atoms. The van der Waals surface area contributed by atoms with Crippen molar-refractivity contribution in [1.82, 2.24) is 4.98 Å². The fourth-order valence-electron chi connectivity index (χ4n) is 1.93. The van der Waals surface area contributed by atoms with E-state index >= 15 is 0 Å². The maximum absolute atomic E-state index is 4.56. The molecule has 3 heteroatoms. The Labute approximate surface area is 125 Å². The van der Waals surface area contributed by atoms with Gasteiger partial charge in [0.1, 0.15) is 5.03 Å². The number of rotatable bonds is 2. The maximum Gasteiger partial charge on any atom is 0.101 e. The van der Waals surface area contributed by atoms with Crippen molar-refractivity contribution in [3.8, 4) is 0 Å². The Balaban J connectivity index is 1.94. The largest absolute Gasteiger partial charge is 0.245 e. The predicted octanol–water partition coefficient (Wildman–Crippen LogP) is 5.46. The van der Waals surface area contributed by atoms with Gasteiger partial charge in [0.25, 0.3) is 0 Å². The van der Waals surface area contributed by atoms with Crippen LogP contribution in [0.5, 0.6) is 0 Å². The first-order valence-electron chi connectivity index (χ1n) is 6.02. The summed E-state index contributed by atoms with van der Waals surface area (Å²) in [6.07, 6.45) is 0. The van der Waals surface area contributed by atoms with Crippen LogP contribution in [0.15, 0.2) is 69.0 Å². The highest BCUT2D eigenvalue weighted by atomic mass is 79.9. The van der Waals surface area contributed by atoms with E-state index in [0.717, 1.165) is 15.2 Å². The molecule has 0 aliphatic heterocycles. The standard InChI is InChI=1S/C16H12BrNS/c1-11-15(17)8-9-16(18-11)19-14-7-6-12-4-2-3-5-13(12)10-14/h2-10H,1H3. The van der Waals surface area contributed by atoms with Gasteiger partial charge in [0.15, 0.2) is 0 Å². The molecule has 0 saturated heterocycles. The van der Waals surface area contributed by atoms with Gasteiger partial charge in [-0.05, 0) is 57.9 Å². The molecule has 1 heterocycles. The summed E-state index contributed by atoms with van der Waals surface area (Å²) in [4.78, 5) is 5.78. The first-order chi connectivity index (χ1) is 9.22. The van der Waals surface area contributed by atoms with Gasteiger partial charge in [0, 0.05) is 9.37 Å². The first-order valence-corrected chi connectivity index (χ1v) is 7.63. The number of pyridine rings is 1. The lowest BCUT2D eigenvalue weighted by atomic mass is 10.1. The summed E-state index contributed by atoms with van der Waals surface area (Å²) in [7, 11) is 0. The molecule has 0 aliphatic rings. The molecule has 0 saturated carbocycles. The summed E-state index contributed by atoms with van der Waals surface area (Å²) in [5, 5.41) is 3.56. The van der Waals surface area contributed by atoms with Gasteiger partial charge in [-0.15, -0.1) is 0 Å². The third-order valence-corrected chi connectivity index (χ3v) is 4.70. The Morgan fingerprint density at radius 1 is 0.947 bits per heavy atom. The second-order valence-corrected chi connectivity index (χ2v) is 6.28. The van der Waals surface area contributed by atoms with E-state index in [4.69, 9.17) is 0 Å². The van der Waals surface area contributed by atoms with Crippen molar-refractivity contribution in [1.29, 1.82) is 0 Å². The number of fused-ring (bicyclic) bond motifs is 1. The van der Waals surface area contributed by atoms with E-state index in [2.05, 4.69) is 63.4 Å². The first kappa shape index (κ1) is 12.7. The van der Waals surface area contributed by atoms with Gasteiger partial charge in [-0.3, -0.25) is 0 Å². The number of nitrogens with zero attached hydrogens (tertiary/aromatic N) is 1. The molecule has 3 rings (SSSR count). The zero-order valence-electron chi connectivity index (χ0n) is 10.4. The van der Waals surface area contributed by atoms with Crippen LogP contribution in [0.25, 0.3) is 10.8 Å². The van der Waals surface area contributed by atoms with Crippen LogP contribution in [-0.4, -0.2) is 4.98 Å². The summed E-state index contributed by atoms with van der Waals surface area (Å²) in [6, 6.07) is 19.0. The van der Waals surface area contributed by atoms with Crippen LogP contribution in [0.3, 0.4) is 0 Å². The zero-order valence-corrected chi connectivity index (χ0v) is 12.8. The number of halogens is 1. The van der Waals surface area contributed by atoms with Crippen LogP contribution in [0, 0.1) is 6.92 Å². The molecule has 0 N–H and O–H groups in total. The quantitative estimate of drug-likeness (QED) is 0.619. The van der Waals surface area contributed by atoms with Crippen molar-refractivity contribution in [2.75, 3.05) is 0 Å². The lowest BCUT2D eigenvalue weighted by Gasteiger charge is -2.05. The molecule has 0 radical (unpaired) electrons. The van der Waals surface area contributed by atoms with Gasteiger partial charge in [-0.2, -0.15) is 0 Å². The number of benzene rings is 2. The Hall–Kier alpha value is -1.32. The van der Waals surface area contributed by atoms with Gasteiger partial charge in [0.05, 0.1) is 5.69 Å². The van der Waals surface area contributed by atoms with Crippen molar-refractivity contribution in [2.45, 2.75) is 16.8 Å². The Morgan fingerprint density at radius 2 is 1.74 bits per heavy atom. The molecule has 0 atom stereocenters. The molecular weight excluding hydrogens is 318 g/mol. The van der Waals surface area contributed by atoms with Crippen molar-refractivity contribution < 1.29 is 0 Å². The Bertz CT molecular complexity index is 740. The molecule has 3 aromatic rings. The van der Waals surface area contributed by atoms with E-state index in [1.165, 1.54) is 15.7 Å². The normalized spacial score (nSPS) is 10.8. The molecular formula is C16H12BrNS. The summed E-state index contributed by atoms with van der Waals surface area (Å²) in [5.74, 6) is 0. The molecule has 1 aromatic heterocycles. The van der Waals surface area contributed by atoms with E-state index < -0.39 is 0 Å². The topological polar surface area (TPSA) is 12.9 Å². The summed E-state index contributed by atoms with van der Waals surface area (Å²) >= 11 is 5.17. The van der Waals surface area contributed by atoms with E-state index in [-0.39, 0.29) is 0 Å². The molecule has 19 heavy (non-hydrogen) atoms. The van der Waals surface area contributed by atoms with Crippen LogP contribution < -0.4 is 0 Å². The number of aromatic nitrogens is 1. The molecule has 0 fully saturated rings. The smallest absolute Gasteiger partial charge is 0.101 e. The third-order valence-electron chi connectivity index (χ3n) is 2.94.